The van der Waals surface area contributed by atoms with Crippen LogP contribution in [0.15, 0.2) is 59.5 Å². The second kappa shape index (κ2) is 6.41. The van der Waals surface area contributed by atoms with Gasteiger partial charge >= 0.3 is 5.69 Å². The topological polar surface area (TPSA) is 63.0 Å². The molecule has 0 radical (unpaired) electrons. The molecule has 0 bridgehead atoms. The number of imidazole rings is 1. The molecule has 4 aromatic rings. The first-order chi connectivity index (χ1) is 13.6. The van der Waals surface area contributed by atoms with Crippen LogP contribution in [-0.2, 0) is 7.05 Å². The summed E-state index contributed by atoms with van der Waals surface area (Å²) in [5, 5.41) is 0.991. The molecule has 1 aliphatic heterocycles. The first-order valence-electron chi connectivity index (χ1n) is 9.66. The molecule has 2 aromatic heterocycles. The van der Waals surface area contributed by atoms with Gasteiger partial charge < -0.3 is 14.5 Å². The van der Waals surface area contributed by atoms with E-state index in [1.807, 2.05) is 75.8 Å². The molecule has 5 rings (SSSR count). The number of hydrogen-bond acceptors (Lipinski definition) is 2. The maximum Gasteiger partial charge on any atom is 0.326 e. The van der Waals surface area contributed by atoms with Crippen LogP contribution in [0.25, 0.3) is 21.9 Å². The third-order valence-corrected chi connectivity index (χ3v) is 5.87. The third-order valence-electron chi connectivity index (χ3n) is 5.87. The largest absolute Gasteiger partial charge is 0.350 e. The summed E-state index contributed by atoms with van der Waals surface area (Å²) in [4.78, 5) is 30.4. The Kier molecular flexibility index (Phi) is 3.86. The van der Waals surface area contributed by atoms with Gasteiger partial charge in [-0.05, 0) is 31.0 Å². The highest BCUT2D eigenvalue weighted by Gasteiger charge is 2.27. The van der Waals surface area contributed by atoms with Crippen molar-refractivity contribution >= 4 is 27.8 Å². The van der Waals surface area contributed by atoms with Gasteiger partial charge in [0.1, 0.15) is 0 Å². The SMILES string of the molecule is Cn1cc(C(=O)N2CCC(n3c(=O)[nH]c4ccccc43)CC2)c2ccccc21. The van der Waals surface area contributed by atoms with E-state index in [1.54, 1.807) is 0 Å². The van der Waals surface area contributed by atoms with Crippen molar-refractivity contribution in [2.45, 2.75) is 18.9 Å². The van der Waals surface area contributed by atoms with Crippen LogP contribution in [0, 0.1) is 0 Å². The van der Waals surface area contributed by atoms with Crippen molar-refractivity contribution in [3.05, 3.63) is 70.8 Å². The predicted molar refractivity (Wildman–Crippen MR) is 110 cm³/mol. The number of carbonyl (C=O) groups is 1. The Morgan fingerprint density at radius 1 is 1.00 bits per heavy atom. The van der Waals surface area contributed by atoms with Gasteiger partial charge in [-0.1, -0.05) is 30.3 Å². The minimum absolute atomic E-state index is 0.0694. The average Bonchev–Trinajstić information content (AvgIpc) is 3.24. The van der Waals surface area contributed by atoms with E-state index in [-0.39, 0.29) is 17.6 Å². The van der Waals surface area contributed by atoms with Crippen LogP contribution < -0.4 is 5.69 Å². The highest BCUT2D eigenvalue weighted by Crippen LogP contribution is 2.27. The van der Waals surface area contributed by atoms with Crippen LogP contribution in [0.4, 0.5) is 0 Å². The Balaban J connectivity index is 1.39. The summed E-state index contributed by atoms with van der Waals surface area (Å²) in [6, 6.07) is 15.9. The minimum Gasteiger partial charge on any atom is -0.350 e. The summed E-state index contributed by atoms with van der Waals surface area (Å²) in [7, 11) is 1.97. The number of piperidine rings is 1. The van der Waals surface area contributed by atoms with Gasteiger partial charge in [-0.15, -0.1) is 0 Å². The van der Waals surface area contributed by atoms with Gasteiger partial charge in [-0.3, -0.25) is 9.36 Å². The number of benzene rings is 2. The first kappa shape index (κ1) is 16.9. The van der Waals surface area contributed by atoms with Gasteiger partial charge in [0, 0.05) is 43.3 Å². The minimum atomic E-state index is -0.0694. The predicted octanol–water partition coefficient (Wildman–Crippen LogP) is 3.30. The van der Waals surface area contributed by atoms with E-state index in [4.69, 9.17) is 0 Å². The number of fused-ring (bicyclic) bond motifs is 2. The maximum absolute atomic E-state index is 13.1. The van der Waals surface area contributed by atoms with E-state index in [1.165, 1.54) is 0 Å². The van der Waals surface area contributed by atoms with E-state index in [9.17, 15) is 9.59 Å². The molecule has 0 aliphatic carbocycles. The number of nitrogens with zero attached hydrogens (tertiary/aromatic N) is 3. The van der Waals surface area contributed by atoms with Crippen molar-refractivity contribution < 1.29 is 4.79 Å². The van der Waals surface area contributed by atoms with Gasteiger partial charge in [0.05, 0.1) is 16.6 Å². The molecule has 0 saturated carbocycles. The number of aromatic amines is 1. The summed E-state index contributed by atoms with van der Waals surface area (Å²) < 4.78 is 3.86. The van der Waals surface area contributed by atoms with Crippen LogP contribution in [0.5, 0.6) is 0 Å². The van der Waals surface area contributed by atoms with Crippen LogP contribution in [0.2, 0.25) is 0 Å². The van der Waals surface area contributed by atoms with Crippen molar-refractivity contribution in [3.8, 4) is 0 Å². The van der Waals surface area contributed by atoms with Crippen LogP contribution in [-0.4, -0.2) is 38.0 Å². The van der Waals surface area contributed by atoms with Crippen LogP contribution in [0.1, 0.15) is 29.2 Å². The fourth-order valence-corrected chi connectivity index (χ4v) is 4.45. The molecule has 28 heavy (non-hydrogen) atoms. The number of carbonyl (C=O) groups excluding carboxylic acids is 1. The molecule has 6 nitrogen and oxygen atoms in total. The molecular formula is C22H22N4O2. The first-order valence-corrected chi connectivity index (χ1v) is 9.66. The summed E-state index contributed by atoms with van der Waals surface area (Å²) >= 11 is 0. The summed E-state index contributed by atoms with van der Waals surface area (Å²) in [6.45, 7) is 1.30. The number of nitrogens with one attached hydrogen (secondary N) is 1. The molecule has 3 heterocycles. The lowest BCUT2D eigenvalue weighted by Crippen LogP contribution is -2.40. The molecule has 1 amide bonds. The summed E-state index contributed by atoms with van der Waals surface area (Å²) in [5.74, 6) is 0.0709. The lowest BCUT2D eigenvalue weighted by Gasteiger charge is -2.32. The van der Waals surface area contributed by atoms with Crippen molar-refractivity contribution in [2.24, 2.45) is 7.05 Å². The lowest BCUT2D eigenvalue weighted by molar-refractivity contribution is 0.0697. The Morgan fingerprint density at radius 3 is 2.46 bits per heavy atom. The lowest BCUT2D eigenvalue weighted by atomic mass is 10.0. The molecule has 1 N–H and O–H groups in total. The number of rotatable bonds is 2. The second-order valence-electron chi connectivity index (χ2n) is 7.51. The number of aromatic nitrogens is 3. The Bertz CT molecular complexity index is 1240. The van der Waals surface area contributed by atoms with Gasteiger partial charge in [0.2, 0.25) is 0 Å². The number of aryl methyl sites for hydroxylation is 1. The molecule has 0 spiro atoms. The van der Waals surface area contributed by atoms with Crippen molar-refractivity contribution in [1.29, 1.82) is 0 Å². The zero-order valence-electron chi connectivity index (χ0n) is 15.8. The normalized spacial score (nSPS) is 15.5. The van der Waals surface area contributed by atoms with E-state index >= 15 is 0 Å². The molecule has 1 fully saturated rings. The molecule has 142 valence electrons. The summed E-state index contributed by atoms with van der Waals surface area (Å²) in [5.41, 5.74) is 3.54. The van der Waals surface area contributed by atoms with Gasteiger partial charge in [-0.25, -0.2) is 4.79 Å². The molecular weight excluding hydrogens is 352 g/mol. The highest BCUT2D eigenvalue weighted by molar-refractivity contribution is 6.07. The molecule has 1 aliphatic rings. The standard InChI is InChI=1S/C22H22N4O2/c1-24-14-17(16-6-2-4-8-19(16)24)21(27)25-12-10-15(11-13-25)26-20-9-5-3-7-18(20)23-22(26)28/h2-9,14-15H,10-13H2,1H3,(H,23,28). The smallest absolute Gasteiger partial charge is 0.326 e. The summed E-state index contributed by atoms with van der Waals surface area (Å²) in [6.07, 6.45) is 3.47. The van der Waals surface area contributed by atoms with Crippen LogP contribution in [0.3, 0.4) is 0 Å². The number of para-hydroxylation sites is 3. The monoisotopic (exact) mass is 374 g/mol. The van der Waals surface area contributed by atoms with E-state index in [2.05, 4.69) is 4.98 Å². The Hall–Kier alpha value is -3.28. The number of amides is 1. The van der Waals surface area contributed by atoms with Gasteiger partial charge in [0.15, 0.2) is 0 Å². The zero-order valence-corrected chi connectivity index (χ0v) is 15.8. The Morgan fingerprint density at radius 2 is 1.68 bits per heavy atom. The van der Waals surface area contributed by atoms with Crippen molar-refractivity contribution in [2.75, 3.05) is 13.1 Å². The maximum atomic E-state index is 13.1. The van der Waals surface area contributed by atoms with Crippen molar-refractivity contribution in [3.63, 3.8) is 0 Å². The fourth-order valence-electron chi connectivity index (χ4n) is 4.45. The molecule has 0 unspecified atom stereocenters. The van der Waals surface area contributed by atoms with Gasteiger partial charge in [-0.2, -0.15) is 0 Å². The third kappa shape index (κ3) is 2.56. The average molecular weight is 374 g/mol. The van der Waals surface area contributed by atoms with E-state index < -0.39 is 0 Å². The van der Waals surface area contributed by atoms with E-state index in [0.717, 1.165) is 40.3 Å². The van der Waals surface area contributed by atoms with Crippen LogP contribution >= 0.6 is 0 Å². The molecule has 1 saturated heterocycles. The number of likely N-dealkylation sites (tertiary alicyclic amines) is 1. The quantitative estimate of drug-likeness (QED) is 0.585. The van der Waals surface area contributed by atoms with Crippen molar-refractivity contribution in [1.82, 2.24) is 19.0 Å². The zero-order chi connectivity index (χ0) is 19.3. The molecule has 0 atom stereocenters. The molecule has 2 aromatic carbocycles. The fraction of sp³-hybridized carbons (Fsp3) is 0.273. The highest BCUT2D eigenvalue weighted by atomic mass is 16.2. The Labute approximate surface area is 162 Å². The number of hydrogen-bond donors (Lipinski definition) is 1. The second-order valence-corrected chi connectivity index (χ2v) is 7.51. The number of H-pyrrole nitrogens is 1. The molecule has 6 heteroatoms. The van der Waals surface area contributed by atoms with Gasteiger partial charge in [0.25, 0.3) is 5.91 Å². The van der Waals surface area contributed by atoms with E-state index in [0.29, 0.717) is 13.1 Å².